The summed E-state index contributed by atoms with van der Waals surface area (Å²) in [7, 11) is 0. The van der Waals surface area contributed by atoms with Crippen molar-refractivity contribution in [1.29, 1.82) is 0 Å². The lowest BCUT2D eigenvalue weighted by atomic mass is 10.0. The number of rotatable bonds is 3. The summed E-state index contributed by atoms with van der Waals surface area (Å²) in [6, 6.07) is 35.9. The number of hydrogen-bond acceptors (Lipinski definition) is 2. The molecule has 1 aliphatic rings. The van der Waals surface area contributed by atoms with Crippen molar-refractivity contribution >= 4 is 39.3 Å². The van der Waals surface area contributed by atoms with Crippen LogP contribution in [0, 0.1) is 13.8 Å². The van der Waals surface area contributed by atoms with E-state index in [1.807, 2.05) is 66.7 Å². The van der Waals surface area contributed by atoms with E-state index in [-0.39, 0.29) is 11.8 Å². The average molecular weight is 493 g/mol. The van der Waals surface area contributed by atoms with E-state index in [9.17, 15) is 9.59 Å². The highest BCUT2D eigenvalue weighted by molar-refractivity contribution is 6.36. The van der Waals surface area contributed by atoms with Crippen molar-refractivity contribution in [2.24, 2.45) is 0 Å². The maximum absolute atomic E-state index is 14.0. The first-order valence-electron chi connectivity index (χ1n) is 12.7. The van der Waals surface area contributed by atoms with Gasteiger partial charge in [-0.2, -0.15) is 0 Å². The Morgan fingerprint density at radius 3 is 1.87 bits per heavy atom. The molecule has 0 N–H and O–H groups in total. The lowest BCUT2D eigenvalue weighted by molar-refractivity contribution is 0.0926. The van der Waals surface area contributed by atoms with Crippen LogP contribution in [0.5, 0.6) is 0 Å². The molecule has 0 saturated carbocycles. The topological polar surface area (TPSA) is 42.3 Å². The van der Waals surface area contributed by atoms with Gasteiger partial charge >= 0.3 is 0 Å². The molecule has 1 aliphatic heterocycles. The predicted molar refractivity (Wildman–Crippen MR) is 153 cm³/mol. The van der Waals surface area contributed by atoms with Gasteiger partial charge in [0.15, 0.2) is 0 Å². The van der Waals surface area contributed by atoms with Gasteiger partial charge in [0.25, 0.3) is 11.8 Å². The van der Waals surface area contributed by atoms with Crippen molar-refractivity contribution in [1.82, 2.24) is 4.57 Å². The molecule has 0 spiro atoms. The van der Waals surface area contributed by atoms with E-state index in [1.165, 1.54) is 16.0 Å². The number of carbonyl (C=O) groups is 2. The van der Waals surface area contributed by atoms with Gasteiger partial charge in [-0.3, -0.25) is 9.59 Å². The molecule has 2 amide bonds. The van der Waals surface area contributed by atoms with Crippen molar-refractivity contribution in [2.75, 3.05) is 4.90 Å². The first-order chi connectivity index (χ1) is 18.5. The minimum atomic E-state index is -0.306. The fourth-order valence-electron chi connectivity index (χ4n) is 5.65. The number of imide groups is 1. The number of hydrogen-bond donors (Lipinski definition) is 0. The smallest absolute Gasteiger partial charge is 0.268 e. The summed E-state index contributed by atoms with van der Waals surface area (Å²) in [5.74, 6) is -0.607. The zero-order valence-corrected chi connectivity index (χ0v) is 21.1. The second kappa shape index (κ2) is 8.29. The van der Waals surface area contributed by atoms with Crippen LogP contribution >= 0.6 is 0 Å². The Hall–Kier alpha value is -4.96. The maximum atomic E-state index is 14.0. The van der Waals surface area contributed by atoms with Gasteiger partial charge in [-0.05, 0) is 73.5 Å². The largest absolute Gasteiger partial charge is 0.308 e. The van der Waals surface area contributed by atoms with Crippen LogP contribution in [0.15, 0.2) is 109 Å². The molecule has 0 atom stereocenters. The normalized spacial score (nSPS) is 13.1. The highest BCUT2D eigenvalue weighted by Crippen LogP contribution is 2.38. The van der Waals surface area contributed by atoms with E-state index in [1.54, 1.807) is 6.07 Å². The summed E-state index contributed by atoms with van der Waals surface area (Å²) in [6.07, 6.45) is 0. The Balaban J connectivity index is 1.43. The van der Waals surface area contributed by atoms with Crippen LogP contribution < -0.4 is 4.90 Å². The molecule has 0 radical (unpaired) electrons. The number of aryl methyl sites for hydroxylation is 2. The molecule has 0 unspecified atom stereocenters. The van der Waals surface area contributed by atoms with Crippen molar-refractivity contribution in [2.45, 2.75) is 13.8 Å². The van der Waals surface area contributed by atoms with Crippen LogP contribution in [0.3, 0.4) is 0 Å². The quantitative estimate of drug-likeness (QED) is 0.236. The third-order valence-electron chi connectivity index (χ3n) is 7.42. The summed E-state index contributed by atoms with van der Waals surface area (Å²) < 4.78 is 2.12. The third-order valence-corrected chi connectivity index (χ3v) is 7.42. The number of anilines is 1. The molecule has 4 heteroatoms. The maximum Gasteiger partial charge on any atom is 0.268 e. The van der Waals surface area contributed by atoms with Gasteiger partial charge in [0.05, 0.1) is 33.5 Å². The fourth-order valence-corrected chi connectivity index (χ4v) is 5.65. The van der Waals surface area contributed by atoms with Crippen LogP contribution in [-0.2, 0) is 0 Å². The van der Waals surface area contributed by atoms with Crippen molar-refractivity contribution in [3.8, 4) is 16.8 Å². The van der Waals surface area contributed by atoms with Gasteiger partial charge in [-0.25, -0.2) is 4.90 Å². The summed E-state index contributed by atoms with van der Waals surface area (Å²) >= 11 is 0. The lowest BCUT2D eigenvalue weighted by Gasteiger charge is -2.16. The molecule has 6 aromatic rings. The van der Waals surface area contributed by atoms with Crippen molar-refractivity contribution in [3.05, 3.63) is 131 Å². The molecule has 38 heavy (non-hydrogen) atoms. The Labute approximate surface area is 220 Å². The van der Waals surface area contributed by atoms with Gasteiger partial charge in [0.1, 0.15) is 0 Å². The fraction of sp³-hybridized carbons (Fsp3) is 0.0588. The molecule has 0 fully saturated rings. The van der Waals surface area contributed by atoms with Crippen molar-refractivity contribution in [3.63, 3.8) is 0 Å². The minimum Gasteiger partial charge on any atom is -0.308 e. The van der Waals surface area contributed by atoms with E-state index >= 15 is 0 Å². The van der Waals surface area contributed by atoms with Gasteiger partial charge in [0, 0.05) is 10.8 Å². The van der Waals surface area contributed by atoms with E-state index < -0.39 is 0 Å². The van der Waals surface area contributed by atoms with Crippen LogP contribution in [0.1, 0.15) is 31.8 Å². The van der Waals surface area contributed by atoms with Crippen LogP contribution in [0.2, 0.25) is 0 Å². The third kappa shape index (κ3) is 3.24. The summed E-state index contributed by atoms with van der Waals surface area (Å²) in [4.78, 5) is 29.0. The van der Waals surface area contributed by atoms with E-state index in [4.69, 9.17) is 0 Å². The highest BCUT2D eigenvalue weighted by Gasteiger charge is 2.39. The van der Waals surface area contributed by atoms with E-state index in [0.29, 0.717) is 16.8 Å². The van der Waals surface area contributed by atoms with E-state index in [2.05, 4.69) is 54.8 Å². The first kappa shape index (κ1) is 22.3. The zero-order chi connectivity index (χ0) is 26.0. The molecule has 7 rings (SSSR count). The second-order valence-corrected chi connectivity index (χ2v) is 9.94. The number of nitrogens with zero attached hydrogens (tertiary/aromatic N) is 2. The van der Waals surface area contributed by atoms with Crippen molar-refractivity contribution < 1.29 is 9.59 Å². The Bertz CT molecular complexity index is 1870. The number of fused-ring (bicyclic) bond motifs is 4. The zero-order valence-electron chi connectivity index (χ0n) is 21.1. The summed E-state index contributed by atoms with van der Waals surface area (Å²) in [5, 5.41) is 2.26. The molecular weight excluding hydrogens is 468 g/mol. The number of carbonyl (C=O) groups excluding carboxylic acids is 2. The Kier molecular flexibility index (Phi) is 4.85. The van der Waals surface area contributed by atoms with Gasteiger partial charge < -0.3 is 4.57 Å². The summed E-state index contributed by atoms with van der Waals surface area (Å²) in [5.41, 5.74) is 8.49. The number of aromatic nitrogens is 1. The van der Waals surface area contributed by atoms with Gasteiger partial charge in [-0.1, -0.05) is 71.8 Å². The summed E-state index contributed by atoms with van der Waals surface area (Å²) in [6.45, 7) is 4.17. The van der Waals surface area contributed by atoms with Crippen LogP contribution in [-0.4, -0.2) is 16.4 Å². The second-order valence-electron chi connectivity index (χ2n) is 9.94. The molecule has 0 saturated heterocycles. The number of amides is 2. The predicted octanol–water partition coefficient (Wildman–Crippen LogP) is 7.87. The molecule has 0 bridgehead atoms. The van der Waals surface area contributed by atoms with Gasteiger partial charge in [-0.15, -0.1) is 0 Å². The lowest BCUT2D eigenvalue weighted by Crippen LogP contribution is -2.29. The van der Waals surface area contributed by atoms with Crippen LogP contribution in [0.25, 0.3) is 38.6 Å². The highest BCUT2D eigenvalue weighted by atomic mass is 16.2. The monoisotopic (exact) mass is 492 g/mol. The molecule has 4 nitrogen and oxygen atoms in total. The molecule has 182 valence electrons. The molecular formula is C34H24N2O2. The molecule has 5 aromatic carbocycles. The van der Waals surface area contributed by atoms with E-state index in [0.717, 1.165) is 38.6 Å². The standard InChI is InChI=1S/C34H24N2O2/c1-21-14-16-29-27(18-21)28-19-22(2)15-17-30(28)36(29)31-13-7-12-26-32(31)34(38)35(33(26)37)25-11-6-10-24(20-25)23-8-4-3-5-9-23/h3-20H,1-2H3. The number of benzene rings is 5. The van der Waals surface area contributed by atoms with Crippen LogP contribution in [0.4, 0.5) is 5.69 Å². The molecule has 1 aromatic heterocycles. The molecule has 2 heterocycles. The Morgan fingerprint density at radius 1 is 0.553 bits per heavy atom. The average Bonchev–Trinajstić information content (AvgIpc) is 3.39. The minimum absolute atomic E-state index is 0.301. The molecule has 0 aliphatic carbocycles. The first-order valence-corrected chi connectivity index (χ1v) is 12.7. The Morgan fingerprint density at radius 2 is 1.18 bits per heavy atom. The van der Waals surface area contributed by atoms with Gasteiger partial charge in [0.2, 0.25) is 0 Å². The SMILES string of the molecule is Cc1ccc2c(c1)c1cc(C)ccc1n2-c1cccc2c1C(=O)N(c1cccc(-c3ccccc3)c1)C2=O.